The first kappa shape index (κ1) is 15.5. The number of nitrogens with zero attached hydrogens (tertiary/aromatic N) is 1. The summed E-state index contributed by atoms with van der Waals surface area (Å²) in [6.07, 6.45) is 4.12. The molecule has 1 fully saturated rings. The van der Waals surface area contributed by atoms with Crippen LogP contribution in [0.5, 0.6) is 0 Å². The summed E-state index contributed by atoms with van der Waals surface area (Å²) in [5, 5.41) is 8.87. The molecule has 1 aromatic rings. The van der Waals surface area contributed by atoms with E-state index in [1.807, 2.05) is 7.05 Å². The first-order valence-corrected chi connectivity index (χ1v) is 7.16. The molecular formula is C16H21NO4. The summed E-state index contributed by atoms with van der Waals surface area (Å²) in [7, 11) is 3.54. The maximum atomic E-state index is 12.4. The first-order chi connectivity index (χ1) is 10.0. The Morgan fingerprint density at radius 1 is 1.10 bits per heavy atom. The van der Waals surface area contributed by atoms with Crippen LogP contribution in [0.3, 0.4) is 0 Å². The second-order valence-corrected chi connectivity index (χ2v) is 5.46. The van der Waals surface area contributed by atoms with E-state index < -0.39 is 5.97 Å². The van der Waals surface area contributed by atoms with Crippen molar-refractivity contribution in [1.29, 1.82) is 0 Å². The smallest absolute Gasteiger partial charge is 0.335 e. The predicted octanol–water partition coefficient (Wildman–Crippen LogP) is 2.41. The summed E-state index contributed by atoms with van der Waals surface area (Å²) in [5.74, 6) is -1.05. The number of carbonyl (C=O) groups is 2. The quantitative estimate of drug-likeness (QED) is 0.925. The van der Waals surface area contributed by atoms with Crippen LogP contribution in [0.1, 0.15) is 46.4 Å². The van der Waals surface area contributed by atoms with Gasteiger partial charge in [0.25, 0.3) is 5.91 Å². The van der Waals surface area contributed by atoms with Gasteiger partial charge >= 0.3 is 5.97 Å². The number of rotatable bonds is 4. The molecule has 2 rings (SSSR count). The van der Waals surface area contributed by atoms with E-state index >= 15 is 0 Å². The Labute approximate surface area is 124 Å². The van der Waals surface area contributed by atoms with Crippen molar-refractivity contribution in [3.05, 3.63) is 35.4 Å². The zero-order valence-electron chi connectivity index (χ0n) is 12.4. The molecule has 0 heterocycles. The molecule has 0 aliphatic heterocycles. The van der Waals surface area contributed by atoms with Gasteiger partial charge in [0.1, 0.15) is 0 Å². The standard InChI is InChI=1S/C16H21NO4/c1-17(13-7-9-14(21-2)10-8-13)15(18)11-3-5-12(6-4-11)16(19)20/h3-6,13-14H,7-10H2,1-2H3,(H,19,20). The van der Waals surface area contributed by atoms with Gasteiger partial charge in [-0.1, -0.05) is 0 Å². The molecule has 114 valence electrons. The largest absolute Gasteiger partial charge is 0.478 e. The third kappa shape index (κ3) is 3.61. The number of hydrogen-bond donors (Lipinski definition) is 1. The van der Waals surface area contributed by atoms with Crippen molar-refractivity contribution in [2.24, 2.45) is 0 Å². The minimum atomic E-state index is -0.986. The van der Waals surface area contributed by atoms with Crippen molar-refractivity contribution < 1.29 is 19.4 Å². The van der Waals surface area contributed by atoms with Crippen LogP contribution in [-0.2, 0) is 4.74 Å². The fourth-order valence-corrected chi connectivity index (χ4v) is 2.79. The van der Waals surface area contributed by atoms with Crippen LogP contribution >= 0.6 is 0 Å². The summed E-state index contributed by atoms with van der Waals surface area (Å²) < 4.78 is 5.34. The monoisotopic (exact) mass is 291 g/mol. The van der Waals surface area contributed by atoms with Crippen LogP contribution < -0.4 is 0 Å². The first-order valence-electron chi connectivity index (χ1n) is 7.16. The number of hydrogen-bond acceptors (Lipinski definition) is 3. The molecule has 1 aliphatic rings. The van der Waals surface area contributed by atoms with Crippen LogP contribution in [0.4, 0.5) is 0 Å². The van der Waals surface area contributed by atoms with Gasteiger partial charge in [-0.05, 0) is 49.9 Å². The van der Waals surface area contributed by atoms with E-state index in [4.69, 9.17) is 9.84 Å². The zero-order valence-corrected chi connectivity index (χ0v) is 12.4. The Morgan fingerprint density at radius 2 is 1.62 bits per heavy atom. The van der Waals surface area contributed by atoms with Gasteiger partial charge in [-0.2, -0.15) is 0 Å². The van der Waals surface area contributed by atoms with Crippen molar-refractivity contribution in [3.63, 3.8) is 0 Å². The molecule has 5 heteroatoms. The molecule has 1 saturated carbocycles. The number of benzene rings is 1. The number of methoxy groups -OCH3 is 1. The molecule has 5 nitrogen and oxygen atoms in total. The van der Waals surface area contributed by atoms with E-state index in [1.54, 1.807) is 24.1 Å². The van der Waals surface area contributed by atoms with Crippen molar-refractivity contribution >= 4 is 11.9 Å². The lowest BCUT2D eigenvalue weighted by Crippen LogP contribution is -2.40. The SMILES string of the molecule is COC1CCC(N(C)C(=O)c2ccc(C(=O)O)cc2)CC1. The van der Waals surface area contributed by atoms with Crippen LogP contribution in [0, 0.1) is 0 Å². The molecule has 1 aromatic carbocycles. The van der Waals surface area contributed by atoms with Crippen LogP contribution in [0.2, 0.25) is 0 Å². The van der Waals surface area contributed by atoms with E-state index in [0.29, 0.717) is 11.7 Å². The molecule has 0 saturated heterocycles. The lowest BCUT2D eigenvalue weighted by atomic mass is 9.91. The minimum absolute atomic E-state index is 0.0622. The average molecular weight is 291 g/mol. The number of carboxylic acid groups (broad SMARTS) is 1. The predicted molar refractivity (Wildman–Crippen MR) is 78.5 cm³/mol. The third-order valence-corrected chi connectivity index (χ3v) is 4.22. The highest BCUT2D eigenvalue weighted by Crippen LogP contribution is 2.25. The Balaban J connectivity index is 2.00. The second kappa shape index (κ2) is 6.72. The molecule has 0 bridgehead atoms. The second-order valence-electron chi connectivity index (χ2n) is 5.46. The van der Waals surface area contributed by atoms with Crippen LogP contribution in [0.15, 0.2) is 24.3 Å². The molecular weight excluding hydrogens is 270 g/mol. The number of carboxylic acids is 1. The van der Waals surface area contributed by atoms with E-state index in [-0.39, 0.29) is 17.5 Å². The van der Waals surface area contributed by atoms with Crippen molar-refractivity contribution in [3.8, 4) is 0 Å². The zero-order chi connectivity index (χ0) is 15.4. The number of amides is 1. The molecule has 21 heavy (non-hydrogen) atoms. The Kier molecular flexibility index (Phi) is 4.96. The van der Waals surface area contributed by atoms with Gasteiger partial charge in [0.2, 0.25) is 0 Å². The molecule has 0 unspecified atom stereocenters. The average Bonchev–Trinajstić information content (AvgIpc) is 2.53. The summed E-state index contributed by atoms with van der Waals surface area (Å²) in [6.45, 7) is 0. The Hall–Kier alpha value is -1.88. The van der Waals surface area contributed by atoms with E-state index in [1.165, 1.54) is 12.1 Å². The molecule has 0 atom stereocenters. The van der Waals surface area contributed by atoms with Gasteiger partial charge in [-0.3, -0.25) is 4.79 Å². The fourth-order valence-electron chi connectivity index (χ4n) is 2.79. The summed E-state index contributed by atoms with van der Waals surface area (Å²) in [5.41, 5.74) is 0.714. The lowest BCUT2D eigenvalue weighted by molar-refractivity contribution is 0.0386. The minimum Gasteiger partial charge on any atom is -0.478 e. The Morgan fingerprint density at radius 3 is 2.10 bits per heavy atom. The number of carbonyl (C=O) groups excluding carboxylic acids is 1. The van der Waals surface area contributed by atoms with Crippen molar-refractivity contribution in [2.75, 3.05) is 14.2 Å². The van der Waals surface area contributed by atoms with Gasteiger partial charge in [0, 0.05) is 25.8 Å². The summed E-state index contributed by atoms with van der Waals surface area (Å²) in [6, 6.07) is 6.30. The van der Waals surface area contributed by atoms with Crippen LogP contribution in [0.25, 0.3) is 0 Å². The topological polar surface area (TPSA) is 66.8 Å². The van der Waals surface area contributed by atoms with Crippen molar-refractivity contribution in [1.82, 2.24) is 4.90 Å². The number of aromatic carboxylic acids is 1. The molecule has 0 aromatic heterocycles. The third-order valence-electron chi connectivity index (χ3n) is 4.22. The Bertz CT molecular complexity index is 504. The van der Waals surface area contributed by atoms with Gasteiger partial charge in [0.15, 0.2) is 0 Å². The van der Waals surface area contributed by atoms with E-state index in [9.17, 15) is 9.59 Å². The lowest BCUT2D eigenvalue weighted by Gasteiger charge is -2.34. The summed E-state index contributed by atoms with van der Waals surface area (Å²) >= 11 is 0. The maximum absolute atomic E-state index is 12.4. The number of ether oxygens (including phenoxy) is 1. The van der Waals surface area contributed by atoms with Gasteiger partial charge < -0.3 is 14.7 Å². The normalized spacial score (nSPS) is 21.8. The maximum Gasteiger partial charge on any atom is 0.335 e. The molecule has 1 amide bonds. The highest BCUT2D eigenvalue weighted by Gasteiger charge is 2.26. The highest BCUT2D eigenvalue weighted by atomic mass is 16.5. The molecule has 1 N–H and O–H groups in total. The van der Waals surface area contributed by atoms with Gasteiger partial charge in [-0.25, -0.2) is 4.79 Å². The molecule has 0 spiro atoms. The van der Waals surface area contributed by atoms with Crippen LogP contribution in [-0.4, -0.2) is 48.2 Å². The van der Waals surface area contributed by atoms with Gasteiger partial charge in [-0.15, -0.1) is 0 Å². The fraction of sp³-hybridized carbons (Fsp3) is 0.500. The van der Waals surface area contributed by atoms with E-state index in [2.05, 4.69) is 0 Å². The highest BCUT2D eigenvalue weighted by molar-refractivity contribution is 5.95. The molecule has 1 aliphatic carbocycles. The van der Waals surface area contributed by atoms with E-state index in [0.717, 1.165) is 25.7 Å². The summed E-state index contributed by atoms with van der Waals surface area (Å²) in [4.78, 5) is 25.0. The molecule has 0 radical (unpaired) electrons. The van der Waals surface area contributed by atoms with Gasteiger partial charge in [0.05, 0.1) is 11.7 Å². The van der Waals surface area contributed by atoms with Crippen molar-refractivity contribution in [2.45, 2.75) is 37.8 Å².